The Kier molecular flexibility index (Phi) is 6.33. The number of rotatable bonds is 8. The van der Waals surface area contributed by atoms with Crippen LogP contribution >= 0.6 is 11.3 Å². The second-order valence-corrected chi connectivity index (χ2v) is 6.84. The van der Waals surface area contributed by atoms with Gasteiger partial charge in [0.25, 0.3) is 0 Å². The van der Waals surface area contributed by atoms with E-state index in [2.05, 4.69) is 62.3 Å². The molecule has 1 heterocycles. The molecule has 1 aromatic rings. The average Bonchev–Trinajstić information content (AvgIpc) is 2.80. The molecule has 0 atom stereocenters. The molecule has 0 fully saturated rings. The maximum atomic E-state index is 3.64. The van der Waals surface area contributed by atoms with Gasteiger partial charge in [0.2, 0.25) is 0 Å². The van der Waals surface area contributed by atoms with Crippen LogP contribution in [0.3, 0.4) is 0 Å². The molecule has 0 radical (unpaired) electrons. The summed E-state index contributed by atoms with van der Waals surface area (Å²) in [6.07, 6.45) is 1.17. The first-order chi connectivity index (χ1) is 8.44. The first kappa shape index (κ1) is 15.7. The molecule has 0 aromatic carbocycles. The van der Waals surface area contributed by atoms with E-state index in [-0.39, 0.29) is 5.54 Å². The predicted octanol–water partition coefficient (Wildman–Crippen LogP) is 3.74. The molecule has 0 unspecified atom stereocenters. The third-order valence-corrected chi connectivity index (χ3v) is 4.42. The van der Waals surface area contributed by atoms with Gasteiger partial charge in [-0.15, -0.1) is 11.3 Å². The number of nitrogens with one attached hydrogen (secondary N) is 1. The standard InChI is InChI=1S/C15H28N2S/c1-6-15(4,5)16-9-10-17(13(2)3)12-14-8-7-11-18-14/h7-8,11,13,16H,6,9-10,12H2,1-5H3. The predicted molar refractivity (Wildman–Crippen MR) is 82.2 cm³/mol. The van der Waals surface area contributed by atoms with E-state index in [4.69, 9.17) is 0 Å². The lowest BCUT2D eigenvalue weighted by Crippen LogP contribution is -2.44. The second kappa shape index (κ2) is 7.27. The van der Waals surface area contributed by atoms with Crippen LogP contribution in [0, 0.1) is 0 Å². The fraction of sp³-hybridized carbons (Fsp3) is 0.733. The molecule has 0 aliphatic heterocycles. The Bertz CT molecular complexity index is 317. The van der Waals surface area contributed by atoms with E-state index in [9.17, 15) is 0 Å². The van der Waals surface area contributed by atoms with Gasteiger partial charge in [-0.3, -0.25) is 4.90 Å². The Hall–Kier alpha value is -0.380. The highest BCUT2D eigenvalue weighted by Crippen LogP contribution is 2.14. The van der Waals surface area contributed by atoms with Crippen molar-refractivity contribution in [3.8, 4) is 0 Å². The Morgan fingerprint density at radius 2 is 2.11 bits per heavy atom. The molecular formula is C15H28N2S. The molecule has 3 heteroatoms. The van der Waals surface area contributed by atoms with Crippen LogP contribution in [0.15, 0.2) is 17.5 Å². The lowest BCUT2D eigenvalue weighted by molar-refractivity contribution is 0.205. The molecular weight excluding hydrogens is 240 g/mol. The summed E-state index contributed by atoms with van der Waals surface area (Å²) >= 11 is 1.85. The van der Waals surface area contributed by atoms with Crippen LogP contribution in [0.2, 0.25) is 0 Å². The van der Waals surface area contributed by atoms with Crippen molar-refractivity contribution in [3.63, 3.8) is 0 Å². The summed E-state index contributed by atoms with van der Waals surface area (Å²) in [6.45, 7) is 14.6. The molecule has 0 saturated heterocycles. The molecule has 0 aliphatic carbocycles. The van der Waals surface area contributed by atoms with Gasteiger partial charge in [-0.2, -0.15) is 0 Å². The Morgan fingerprint density at radius 3 is 2.61 bits per heavy atom. The summed E-state index contributed by atoms with van der Waals surface area (Å²) < 4.78 is 0. The minimum Gasteiger partial charge on any atom is -0.311 e. The highest BCUT2D eigenvalue weighted by molar-refractivity contribution is 7.09. The van der Waals surface area contributed by atoms with Gasteiger partial charge >= 0.3 is 0 Å². The molecule has 0 bridgehead atoms. The summed E-state index contributed by atoms with van der Waals surface area (Å²) in [5, 5.41) is 5.79. The van der Waals surface area contributed by atoms with Crippen molar-refractivity contribution in [3.05, 3.63) is 22.4 Å². The zero-order valence-corrected chi connectivity index (χ0v) is 13.3. The topological polar surface area (TPSA) is 15.3 Å². The highest BCUT2D eigenvalue weighted by atomic mass is 32.1. The first-order valence-electron chi connectivity index (χ1n) is 6.96. The van der Waals surface area contributed by atoms with Gasteiger partial charge in [0.15, 0.2) is 0 Å². The van der Waals surface area contributed by atoms with Crippen molar-refractivity contribution in [2.24, 2.45) is 0 Å². The van der Waals surface area contributed by atoms with Gasteiger partial charge in [0.1, 0.15) is 0 Å². The third kappa shape index (κ3) is 5.51. The molecule has 1 rings (SSSR count). The summed E-state index contributed by atoms with van der Waals surface area (Å²) in [5.41, 5.74) is 0.256. The maximum Gasteiger partial charge on any atom is 0.0331 e. The fourth-order valence-corrected chi connectivity index (χ4v) is 2.51. The van der Waals surface area contributed by atoms with Crippen LogP contribution < -0.4 is 5.32 Å². The number of nitrogens with zero attached hydrogens (tertiary/aromatic N) is 1. The van der Waals surface area contributed by atoms with Gasteiger partial charge in [0, 0.05) is 36.1 Å². The Morgan fingerprint density at radius 1 is 1.39 bits per heavy atom. The Labute approximate surface area is 116 Å². The number of thiophene rings is 1. The van der Waals surface area contributed by atoms with Crippen molar-refractivity contribution in [2.75, 3.05) is 13.1 Å². The van der Waals surface area contributed by atoms with Crippen LogP contribution in [0.25, 0.3) is 0 Å². The van der Waals surface area contributed by atoms with Gasteiger partial charge in [-0.1, -0.05) is 13.0 Å². The lowest BCUT2D eigenvalue weighted by Gasteiger charge is -2.30. The van der Waals surface area contributed by atoms with E-state index in [1.807, 2.05) is 11.3 Å². The molecule has 0 saturated carbocycles. The fourth-order valence-electron chi connectivity index (χ4n) is 1.79. The molecule has 2 nitrogen and oxygen atoms in total. The van der Waals surface area contributed by atoms with Crippen LogP contribution in [-0.4, -0.2) is 29.6 Å². The summed E-state index contributed by atoms with van der Waals surface area (Å²) in [5.74, 6) is 0. The summed E-state index contributed by atoms with van der Waals surface area (Å²) in [6, 6.07) is 4.96. The maximum absolute atomic E-state index is 3.64. The van der Waals surface area contributed by atoms with E-state index in [1.54, 1.807) is 0 Å². The van der Waals surface area contributed by atoms with Gasteiger partial charge in [-0.25, -0.2) is 0 Å². The molecule has 18 heavy (non-hydrogen) atoms. The van der Waals surface area contributed by atoms with E-state index in [1.165, 1.54) is 11.3 Å². The minimum atomic E-state index is 0.256. The van der Waals surface area contributed by atoms with Gasteiger partial charge in [-0.05, 0) is 45.6 Å². The molecule has 0 spiro atoms. The highest BCUT2D eigenvalue weighted by Gasteiger charge is 2.15. The van der Waals surface area contributed by atoms with Crippen molar-refractivity contribution in [1.82, 2.24) is 10.2 Å². The normalized spacial score (nSPS) is 12.6. The molecule has 1 N–H and O–H groups in total. The van der Waals surface area contributed by atoms with E-state index in [0.717, 1.165) is 19.6 Å². The van der Waals surface area contributed by atoms with Gasteiger partial charge in [0.05, 0.1) is 0 Å². The van der Waals surface area contributed by atoms with Crippen LogP contribution in [0.5, 0.6) is 0 Å². The van der Waals surface area contributed by atoms with E-state index >= 15 is 0 Å². The van der Waals surface area contributed by atoms with Crippen molar-refractivity contribution >= 4 is 11.3 Å². The first-order valence-corrected chi connectivity index (χ1v) is 7.84. The number of hydrogen-bond donors (Lipinski definition) is 1. The van der Waals surface area contributed by atoms with Crippen LogP contribution in [0.1, 0.15) is 45.9 Å². The molecule has 0 aliphatic rings. The van der Waals surface area contributed by atoms with Crippen LogP contribution in [-0.2, 0) is 6.54 Å². The summed E-state index contributed by atoms with van der Waals surface area (Å²) in [4.78, 5) is 3.99. The second-order valence-electron chi connectivity index (χ2n) is 5.81. The van der Waals surface area contributed by atoms with Crippen molar-refractivity contribution in [1.29, 1.82) is 0 Å². The van der Waals surface area contributed by atoms with Crippen molar-refractivity contribution in [2.45, 2.75) is 59.2 Å². The van der Waals surface area contributed by atoms with Gasteiger partial charge < -0.3 is 5.32 Å². The van der Waals surface area contributed by atoms with Crippen molar-refractivity contribution < 1.29 is 0 Å². The monoisotopic (exact) mass is 268 g/mol. The smallest absolute Gasteiger partial charge is 0.0331 e. The quantitative estimate of drug-likeness (QED) is 0.772. The average molecular weight is 268 g/mol. The van der Waals surface area contributed by atoms with E-state index < -0.39 is 0 Å². The zero-order chi connectivity index (χ0) is 13.6. The minimum absolute atomic E-state index is 0.256. The van der Waals surface area contributed by atoms with Crippen LogP contribution in [0.4, 0.5) is 0 Å². The van der Waals surface area contributed by atoms with E-state index in [0.29, 0.717) is 6.04 Å². The lowest BCUT2D eigenvalue weighted by atomic mass is 10.0. The SMILES string of the molecule is CCC(C)(C)NCCN(Cc1cccs1)C(C)C. The molecule has 104 valence electrons. The Balaban J connectivity index is 2.39. The molecule has 1 aromatic heterocycles. The third-order valence-electron chi connectivity index (χ3n) is 3.56. The summed E-state index contributed by atoms with van der Waals surface area (Å²) in [7, 11) is 0. The number of hydrogen-bond acceptors (Lipinski definition) is 3. The zero-order valence-electron chi connectivity index (χ0n) is 12.5. The largest absolute Gasteiger partial charge is 0.311 e. The molecule has 0 amide bonds.